The van der Waals surface area contributed by atoms with Gasteiger partial charge in [0.05, 0.1) is 10.0 Å². The number of carbonyl (C=O) groups excluding carboxylic acids is 3. The highest BCUT2D eigenvalue weighted by molar-refractivity contribution is 9.10. The molecule has 13 heteroatoms. The molecule has 8 nitrogen and oxygen atoms in total. The van der Waals surface area contributed by atoms with Crippen LogP contribution in [0.15, 0.2) is 16.6 Å². The van der Waals surface area contributed by atoms with E-state index in [-0.39, 0.29) is 35.2 Å². The molecule has 0 spiro atoms. The first-order chi connectivity index (χ1) is 12.8. The van der Waals surface area contributed by atoms with Crippen molar-refractivity contribution < 1.29 is 40.2 Å². The number of nitrogens with zero attached hydrogens (tertiary/aromatic N) is 1. The topological polar surface area (TPSA) is 124 Å². The van der Waals surface area contributed by atoms with E-state index in [2.05, 4.69) is 20.1 Å². The first kappa shape index (κ1) is 22.1. The predicted octanol–water partition coefficient (Wildman–Crippen LogP) is 1.86. The number of alkyl halides is 3. The van der Waals surface area contributed by atoms with Crippen molar-refractivity contribution in [3.63, 3.8) is 0 Å². The van der Waals surface area contributed by atoms with E-state index in [9.17, 15) is 36.0 Å². The Hall–Kier alpha value is -2.15. The lowest BCUT2D eigenvalue weighted by molar-refractivity contribution is -0.123. The molecule has 28 heavy (non-hydrogen) atoms. The second-order valence-corrected chi connectivity index (χ2v) is 8.38. The number of rotatable bonds is 7. The average Bonchev–Trinajstić information content (AvgIpc) is 2.86. The molecular formula is C15H14BrF3N2O6S. The summed E-state index contributed by atoms with van der Waals surface area (Å²) in [4.78, 5) is 36.6. The van der Waals surface area contributed by atoms with Crippen LogP contribution < -0.4 is 9.92 Å². The zero-order valence-electron chi connectivity index (χ0n) is 14.2. The van der Waals surface area contributed by atoms with Crippen molar-refractivity contribution in [1.82, 2.24) is 4.90 Å². The molecule has 154 valence electrons. The van der Waals surface area contributed by atoms with Crippen LogP contribution in [0.2, 0.25) is 0 Å². The normalized spacial score (nSPS) is 15.3. The molecular weight excluding hydrogens is 473 g/mol. The Kier molecular flexibility index (Phi) is 6.09. The zero-order chi connectivity index (χ0) is 21.4. The SMILES string of the molecule is CC(=O)CCC(C(N)=O)N1Cc2ccc(Br)c(OS(=O)(=O)C(F)(F)F)c2C1=O. The summed E-state index contributed by atoms with van der Waals surface area (Å²) in [6, 6.07) is 1.38. The highest BCUT2D eigenvalue weighted by atomic mass is 79.9. The minimum Gasteiger partial charge on any atom is -0.374 e. The van der Waals surface area contributed by atoms with Crippen LogP contribution >= 0.6 is 15.9 Å². The lowest BCUT2D eigenvalue weighted by Gasteiger charge is -2.24. The first-order valence-corrected chi connectivity index (χ1v) is 9.88. The van der Waals surface area contributed by atoms with Crippen molar-refractivity contribution >= 4 is 43.6 Å². The number of ketones is 1. The van der Waals surface area contributed by atoms with Gasteiger partial charge in [-0.15, -0.1) is 0 Å². The second kappa shape index (κ2) is 7.70. The Labute approximate surface area is 166 Å². The zero-order valence-corrected chi connectivity index (χ0v) is 16.7. The number of carbonyl (C=O) groups is 3. The molecule has 2 amide bonds. The Morgan fingerprint density at radius 3 is 2.46 bits per heavy atom. The molecule has 1 aromatic rings. The molecule has 0 fully saturated rings. The van der Waals surface area contributed by atoms with Crippen LogP contribution in [0, 0.1) is 0 Å². The van der Waals surface area contributed by atoms with Crippen LogP contribution in [0.1, 0.15) is 35.7 Å². The number of Topliss-reactive ketones (excluding diaryl/α,β-unsaturated/α-hetero) is 1. The second-order valence-electron chi connectivity index (χ2n) is 5.99. The Morgan fingerprint density at radius 1 is 1.36 bits per heavy atom. The van der Waals surface area contributed by atoms with E-state index >= 15 is 0 Å². The van der Waals surface area contributed by atoms with E-state index in [0.717, 1.165) is 4.90 Å². The van der Waals surface area contributed by atoms with Crippen molar-refractivity contribution in [2.24, 2.45) is 5.73 Å². The standard InChI is InChI=1S/C15H14BrF3N2O6S/c1-7(22)2-5-10(13(20)23)21-6-8-3-4-9(16)12(11(8)14(21)24)27-28(25,26)15(17,18)19/h3-4,10H,2,5-6H2,1H3,(H2,20,23). The number of hydrogen-bond donors (Lipinski definition) is 1. The summed E-state index contributed by atoms with van der Waals surface area (Å²) in [6.07, 6.45) is -0.133. The first-order valence-electron chi connectivity index (χ1n) is 7.68. The van der Waals surface area contributed by atoms with Crippen molar-refractivity contribution in [3.8, 4) is 5.75 Å². The quantitative estimate of drug-likeness (QED) is 0.463. The minimum absolute atomic E-state index is 0.0523. The van der Waals surface area contributed by atoms with Crippen LogP contribution in [0.5, 0.6) is 5.75 Å². The summed E-state index contributed by atoms with van der Waals surface area (Å²) < 4.78 is 64.7. The van der Waals surface area contributed by atoms with Gasteiger partial charge in [0, 0.05) is 13.0 Å². The van der Waals surface area contributed by atoms with E-state index in [1.165, 1.54) is 19.1 Å². The number of hydrogen-bond acceptors (Lipinski definition) is 6. The van der Waals surface area contributed by atoms with Gasteiger partial charge in [-0.25, -0.2) is 0 Å². The molecule has 0 aromatic heterocycles. The van der Waals surface area contributed by atoms with Gasteiger partial charge < -0.3 is 19.6 Å². The third kappa shape index (κ3) is 4.29. The van der Waals surface area contributed by atoms with Crippen molar-refractivity contribution in [2.45, 2.75) is 37.9 Å². The van der Waals surface area contributed by atoms with Gasteiger partial charge in [-0.2, -0.15) is 21.6 Å². The highest BCUT2D eigenvalue weighted by Gasteiger charge is 2.50. The van der Waals surface area contributed by atoms with Gasteiger partial charge in [-0.05, 0) is 40.9 Å². The monoisotopic (exact) mass is 486 g/mol. The van der Waals surface area contributed by atoms with Crippen LogP contribution in [0.25, 0.3) is 0 Å². The molecule has 0 aliphatic carbocycles. The lowest BCUT2D eigenvalue weighted by Crippen LogP contribution is -2.45. The molecule has 1 aromatic carbocycles. The summed E-state index contributed by atoms with van der Waals surface area (Å²) >= 11 is 2.87. The van der Waals surface area contributed by atoms with Gasteiger partial charge >= 0.3 is 15.6 Å². The van der Waals surface area contributed by atoms with E-state index in [1.54, 1.807) is 0 Å². The van der Waals surface area contributed by atoms with E-state index in [0.29, 0.717) is 0 Å². The largest absolute Gasteiger partial charge is 0.534 e. The third-order valence-corrected chi connectivity index (χ3v) is 5.54. The highest BCUT2D eigenvalue weighted by Crippen LogP contribution is 2.40. The van der Waals surface area contributed by atoms with Crippen LogP contribution in [0.3, 0.4) is 0 Å². The Bertz CT molecular complexity index is 948. The fourth-order valence-corrected chi connectivity index (χ4v) is 3.65. The number of amides is 2. The van der Waals surface area contributed by atoms with E-state index in [1.807, 2.05) is 0 Å². The van der Waals surface area contributed by atoms with E-state index in [4.69, 9.17) is 5.73 Å². The average molecular weight is 487 g/mol. The summed E-state index contributed by atoms with van der Waals surface area (Å²) in [6.45, 7) is 1.07. The predicted molar refractivity (Wildman–Crippen MR) is 92.5 cm³/mol. The number of nitrogens with two attached hydrogens (primary N) is 1. The molecule has 0 radical (unpaired) electrons. The maximum absolute atomic E-state index is 12.8. The number of fused-ring (bicyclic) bond motifs is 1. The van der Waals surface area contributed by atoms with Gasteiger partial charge in [0.25, 0.3) is 5.91 Å². The lowest BCUT2D eigenvalue weighted by atomic mass is 10.1. The Morgan fingerprint density at radius 2 is 1.96 bits per heavy atom. The maximum Gasteiger partial charge on any atom is 0.534 e. The summed E-state index contributed by atoms with van der Waals surface area (Å²) in [5.74, 6) is -2.93. The smallest absolute Gasteiger partial charge is 0.374 e. The molecule has 2 N–H and O–H groups in total. The fourth-order valence-electron chi connectivity index (χ4n) is 2.65. The number of halogens is 4. The summed E-state index contributed by atoms with van der Waals surface area (Å²) in [5.41, 5.74) is -0.689. The van der Waals surface area contributed by atoms with E-state index < -0.39 is 44.8 Å². The molecule has 1 aliphatic heterocycles. The van der Waals surface area contributed by atoms with Gasteiger partial charge in [-0.3, -0.25) is 9.59 Å². The van der Waals surface area contributed by atoms with Gasteiger partial charge in [0.1, 0.15) is 11.8 Å². The molecule has 1 heterocycles. The van der Waals surface area contributed by atoms with Crippen molar-refractivity contribution in [2.75, 3.05) is 0 Å². The van der Waals surface area contributed by atoms with Gasteiger partial charge in [0.2, 0.25) is 5.91 Å². The molecule has 1 unspecified atom stereocenters. The molecule has 1 atom stereocenters. The minimum atomic E-state index is -6.03. The molecule has 2 rings (SSSR count). The summed E-state index contributed by atoms with van der Waals surface area (Å²) in [5, 5.41) is 0. The van der Waals surface area contributed by atoms with Crippen molar-refractivity contribution in [1.29, 1.82) is 0 Å². The fraction of sp³-hybridized carbons (Fsp3) is 0.400. The molecule has 1 aliphatic rings. The molecule has 0 saturated heterocycles. The van der Waals surface area contributed by atoms with Gasteiger partial charge in [0.15, 0.2) is 5.75 Å². The maximum atomic E-state index is 12.8. The van der Waals surface area contributed by atoms with Crippen LogP contribution in [-0.2, 0) is 26.3 Å². The number of benzene rings is 1. The number of primary amides is 1. The summed E-state index contributed by atoms with van der Waals surface area (Å²) in [7, 11) is -6.03. The van der Waals surface area contributed by atoms with Crippen molar-refractivity contribution in [3.05, 3.63) is 27.7 Å². The van der Waals surface area contributed by atoms with Crippen LogP contribution in [0.4, 0.5) is 13.2 Å². The third-order valence-electron chi connectivity index (χ3n) is 3.96. The Balaban J connectivity index is 2.45. The molecule has 0 bridgehead atoms. The van der Waals surface area contributed by atoms with Crippen LogP contribution in [-0.4, -0.2) is 42.5 Å². The van der Waals surface area contributed by atoms with Gasteiger partial charge in [-0.1, -0.05) is 6.07 Å². The molecule has 0 saturated carbocycles.